The molecule has 0 radical (unpaired) electrons. The van der Waals surface area contributed by atoms with Crippen LogP contribution >= 0.6 is 0 Å². The highest BCUT2D eigenvalue weighted by Gasteiger charge is 2.23. The van der Waals surface area contributed by atoms with Crippen LogP contribution in [0.25, 0.3) is 0 Å². The number of hydrogen-bond acceptors (Lipinski definition) is 5. The zero-order valence-electron chi connectivity index (χ0n) is 10.3. The lowest BCUT2D eigenvalue weighted by Crippen LogP contribution is -2.19. The fourth-order valence-corrected chi connectivity index (χ4v) is 1.75. The van der Waals surface area contributed by atoms with Crippen molar-refractivity contribution in [2.24, 2.45) is 0 Å². The van der Waals surface area contributed by atoms with E-state index in [1.807, 2.05) is 0 Å². The molecule has 5 nitrogen and oxygen atoms in total. The molecule has 0 aliphatic carbocycles. The Balaban J connectivity index is 1.94. The van der Waals surface area contributed by atoms with Crippen LogP contribution in [0, 0.1) is 0 Å². The van der Waals surface area contributed by atoms with Crippen molar-refractivity contribution in [1.82, 2.24) is 0 Å². The molecule has 0 aromatic heterocycles. The van der Waals surface area contributed by atoms with Gasteiger partial charge in [0.05, 0.1) is 11.9 Å². The van der Waals surface area contributed by atoms with E-state index in [4.69, 9.17) is 13.7 Å². The molecule has 0 bridgehead atoms. The maximum Gasteiger partial charge on any atom is 0.311 e. The summed E-state index contributed by atoms with van der Waals surface area (Å²) < 4.78 is 38.5. The summed E-state index contributed by atoms with van der Waals surface area (Å²) in [5.41, 5.74) is 0. The second-order valence-corrected chi connectivity index (χ2v) is 6.46. The lowest BCUT2D eigenvalue weighted by Gasteiger charge is -2.10. The average Bonchev–Trinajstić information content (AvgIpc) is 3.11. The Bertz CT molecular complexity index is 488. The van der Waals surface area contributed by atoms with Crippen LogP contribution in [0.4, 0.5) is 0 Å². The molecule has 2 rings (SSSR count). The zero-order valence-corrected chi connectivity index (χ0v) is 11.1. The van der Waals surface area contributed by atoms with Crippen molar-refractivity contribution >= 4 is 10.1 Å². The minimum absolute atomic E-state index is 0.197. The van der Waals surface area contributed by atoms with E-state index in [0.717, 1.165) is 6.61 Å². The number of rotatable bonds is 6. The molecule has 0 spiro atoms. The van der Waals surface area contributed by atoms with Gasteiger partial charge >= 0.3 is 10.1 Å². The smallest absolute Gasteiger partial charge is 0.311 e. The minimum Gasteiger partial charge on any atom is -0.491 e. The lowest BCUT2D eigenvalue weighted by atomic mass is 10.3. The van der Waals surface area contributed by atoms with Crippen molar-refractivity contribution in [2.75, 3.05) is 13.2 Å². The van der Waals surface area contributed by atoms with Gasteiger partial charge in [0.25, 0.3) is 0 Å². The van der Waals surface area contributed by atoms with Gasteiger partial charge in [-0.15, -0.1) is 0 Å². The molecule has 1 aliphatic heterocycles. The van der Waals surface area contributed by atoms with Crippen LogP contribution in [0.2, 0.25) is 0 Å². The lowest BCUT2D eigenvalue weighted by molar-refractivity contribution is 0.263. The van der Waals surface area contributed by atoms with Gasteiger partial charge in [0.2, 0.25) is 0 Å². The monoisotopic (exact) mass is 272 g/mol. The summed E-state index contributed by atoms with van der Waals surface area (Å²) in [6, 6.07) is 6.49. The predicted octanol–water partition coefficient (Wildman–Crippen LogP) is 1.58. The number of benzene rings is 1. The van der Waals surface area contributed by atoms with E-state index < -0.39 is 15.4 Å². The molecule has 0 N–H and O–H groups in total. The topological polar surface area (TPSA) is 65.1 Å². The highest BCUT2D eigenvalue weighted by Crippen LogP contribution is 2.21. The SMILES string of the molecule is CC(C)S(=O)(=O)Oc1ccc(OCC2CO2)cc1. The van der Waals surface area contributed by atoms with Crippen LogP contribution in [0.15, 0.2) is 24.3 Å². The summed E-state index contributed by atoms with van der Waals surface area (Å²) in [6.07, 6.45) is 0.197. The Hall–Kier alpha value is -1.27. The van der Waals surface area contributed by atoms with Crippen molar-refractivity contribution in [2.45, 2.75) is 25.2 Å². The van der Waals surface area contributed by atoms with Crippen LogP contribution in [-0.4, -0.2) is 33.0 Å². The number of epoxide rings is 1. The van der Waals surface area contributed by atoms with Crippen molar-refractivity contribution in [3.8, 4) is 11.5 Å². The van der Waals surface area contributed by atoms with Gasteiger partial charge in [-0.25, -0.2) is 0 Å². The molecule has 1 aromatic carbocycles. The maximum absolute atomic E-state index is 11.5. The highest BCUT2D eigenvalue weighted by molar-refractivity contribution is 7.87. The van der Waals surface area contributed by atoms with E-state index in [9.17, 15) is 8.42 Å². The summed E-state index contributed by atoms with van der Waals surface area (Å²) in [6.45, 7) is 4.41. The molecule has 1 aromatic rings. The summed E-state index contributed by atoms with van der Waals surface area (Å²) >= 11 is 0. The van der Waals surface area contributed by atoms with Crippen LogP contribution in [0.5, 0.6) is 11.5 Å². The van der Waals surface area contributed by atoms with Crippen LogP contribution in [0.1, 0.15) is 13.8 Å². The Kier molecular flexibility index (Phi) is 3.77. The first kappa shape index (κ1) is 13.2. The minimum atomic E-state index is -3.54. The molecule has 0 saturated carbocycles. The van der Waals surface area contributed by atoms with Crippen molar-refractivity contribution in [3.63, 3.8) is 0 Å². The van der Waals surface area contributed by atoms with Crippen molar-refractivity contribution < 1.29 is 22.1 Å². The standard InChI is InChI=1S/C12H16O5S/c1-9(2)18(13,14)17-11-5-3-10(4-6-11)15-7-12-8-16-12/h3-6,9,12H,7-8H2,1-2H3. The first-order valence-corrected chi connectivity index (χ1v) is 7.22. The molecule has 1 saturated heterocycles. The van der Waals surface area contributed by atoms with E-state index in [-0.39, 0.29) is 6.10 Å². The third kappa shape index (κ3) is 3.61. The Labute approximate surface area is 107 Å². The fraction of sp³-hybridized carbons (Fsp3) is 0.500. The molecular formula is C12H16O5S. The van der Waals surface area contributed by atoms with Crippen LogP contribution < -0.4 is 8.92 Å². The van der Waals surface area contributed by atoms with Crippen LogP contribution in [-0.2, 0) is 14.9 Å². The van der Waals surface area contributed by atoms with E-state index in [1.165, 1.54) is 0 Å². The summed E-state index contributed by atoms with van der Waals surface area (Å²) in [5.74, 6) is 0.957. The van der Waals surface area contributed by atoms with E-state index >= 15 is 0 Å². The normalized spacial score (nSPS) is 18.7. The molecule has 1 atom stereocenters. The van der Waals surface area contributed by atoms with E-state index in [0.29, 0.717) is 18.1 Å². The molecule has 1 heterocycles. The van der Waals surface area contributed by atoms with Crippen molar-refractivity contribution in [3.05, 3.63) is 24.3 Å². The van der Waals surface area contributed by atoms with Gasteiger partial charge in [-0.1, -0.05) is 0 Å². The largest absolute Gasteiger partial charge is 0.491 e. The van der Waals surface area contributed by atoms with Gasteiger partial charge < -0.3 is 13.7 Å². The van der Waals surface area contributed by atoms with Gasteiger partial charge in [-0.2, -0.15) is 8.42 Å². The van der Waals surface area contributed by atoms with Gasteiger partial charge in [-0.3, -0.25) is 0 Å². The molecular weight excluding hydrogens is 256 g/mol. The second-order valence-electron chi connectivity index (χ2n) is 4.36. The predicted molar refractivity (Wildman–Crippen MR) is 66.4 cm³/mol. The van der Waals surface area contributed by atoms with E-state index in [2.05, 4.69) is 0 Å². The highest BCUT2D eigenvalue weighted by atomic mass is 32.2. The first-order chi connectivity index (χ1) is 8.47. The Morgan fingerprint density at radius 1 is 1.28 bits per heavy atom. The molecule has 1 aliphatic rings. The van der Waals surface area contributed by atoms with E-state index in [1.54, 1.807) is 38.1 Å². The maximum atomic E-state index is 11.5. The number of hydrogen-bond donors (Lipinski definition) is 0. The summed E-state index contributed by atoms with van der Waals surface area (Å²) in [7, 11) is -3.54. The molecule has 6 heteroatoms. The summed E-state index contributed by atoms with van der Waals surface area (Å²) in [4.78, 5) is 0. The quantitative estimate of drug-likeness (QED) is 0.581. The molecule has 18 heavy (non-hydrogen) atoms. The van der Waals surface area contributed by atoms with Gasteiger partial charge in [0, 0.05) is 0 Å². The van der Waals surface area contributed by atoms with Crippen LogP contribution in [0.3, 0.4) is 0 Å². The third-order valence-electron chi connectivity index (χ3n) is 2.45. The molecule has 0 amide bonds. The Morgan fingerprint density at radius 3 is 2.33 bits per heavy atom. The Morgan fingerprint density at radius 2 is 1.83 bits per heavy atom. The van der Waals surface area contributed by atoms with Gasteiger partial charge in [0.15, 0.2) is 0 Å². The van der Waals surface area contributed by atoms with Crippen molar-refractivity contribution in [1.29, 1.82) is 0 Å². The molecule has 1 unspecified atom stereocenters. The van der Waals surface area contributed by atoms with Gasteiger partial charge in [-0.05, 0) is 38.1 Å². The zero-order chi connectivity index (χ0) is 13.2. The van der Waals surface area contributed by atoms with Gasteiger partial charge in [0.1, 0.15) is 24.2 Å². The molecule has 1 fully saturated rings. The third-order valence-corrected chi connectivity index (χ3v) is 4.03. The summed E-state index contributed by atoms with van der Waals surface area (Å²) in [5, 5.41) is -0.569. The average molecular weight is 272 g/mol. The first-order valence-electron chi connectivity index (χ1n) is 5.75. The fourth-order valence-electron chi connectivity index (χ4n) is 1.18. The number of ether oxygens (including phenoxy) is 2. The second kappa shape index (κ2) is 5.16. The molecule has 100 valence electrons.